The highest BCUT2D eigenvalue weighted by atomic mass is 32.1. The van der Waals surface area contributed by atoms with Gasteiger partial charge in [-0.05, 0) is 50.2 Å². The molecule has 2 aromatic heterocycles. The summed E-state index contributed by atoms with van der Waals surface area (Å²) >= 11 is 1.38. The number of aromatic nitrogens is 3. The molecule has 2 aromatic carbocycles. The van der Waals surface area contributed by atoms with Crippen LogP contribution in [0.5, 0.6) is 5.75 Å². The van der Waals surface area contributed by atoms with Gasteiger partial charge in [-0.2, -0.15) is 4.68 Å². The van der Waals surface area contributed by atoms with Gasteiger partial charge in [0.1, 0.15) is 5.75 Å². The minimum Gasteiger partial charge on any atom is -0.494 e. The lowest BCUT2D eigenvalue weighted by Crippen LogP contribution is -2.19. The largest absolute Gasteiger partial charge is 0.494 e. The fraction of sp³-hybridized carbons (Fsp3) is 0.217. The fourth-order valence-corrected chi connectivity index (χ4v) is 4.25. The molecular weight excluding hydrogens is 428 g/mol. The van der Waals surface area contributed by atoms with Gasteiger partial charge in [0, 0.05) is 0 Å². The molecule has 9 heteroatoms. The Kier molecular flexibility index (Phi) is 6.18. The zero-order valence-electron chi connectivity index (χ0n) is 17.9. The molecule has 0 aliphatic heterocycles. The molecule has 164 valence electrons. The number of esters is 1. The Balaban J connectivity index is 1.78. The third kappa shape index (κ3) is 4.33. The molecule has 8 nitrogen and oxygen atoms in total. The third-order valence-corrected chi connectivity index (χ3v) is 5.82. The molecular formula is C23H22N4O4S. The van der Waals surface area contributed by atoms with Crippen molar-refractivity contribution in [1.82, 2.24) is 14.8 Å². The van der Waals surface area contributed by atoms with Gasteiger partial charge < -0.3 is 9.47 Å². The second-order valence-corrected chi connectivity index (χ2v) is 7.96. The molecule has 0 bridgehead atoms. The number of H-pyrrole nitrogens is 1. The van der Waals surface area contributed by atoms with Crippen LogP contribution in [0.2, 0.25) is 0 Å². The molecule has 0 atom stereocenters. The van der Waals surface area contributed by atoms with E-state index in [0.717, 1.165) is 16.0 Å². The zero-order valence-corrected chi connectivity index (χ0v) is 18.7. The number of para-hydroxylation sites is 1. The maximum absolute atomic E-state index is 13.4. The molecule has 1 N–H and O–H groups in total. The number of hydrogen-bond donors (Lipinski definition) is 1. The van der Waals surface area contributed by atoms with Crippen LogP contribution in [0, 0.1) is 0 Å². The molecule has 2 heterocycles. The summed E-state index contributed by atoms with van der Waals surface area (Å²) in [5, 5.41) is 3.52. The van der Waals surface area contributed by atoms with E-state index in [1.54, 1.807) is 6.92 Å². The van der Waals surface area contributed by atoms with E-state index in [4.69, 9.17) is 9.47 Å². The van der Waals surface area contributed by atoms with Gasteiger partial charge in [-0.3, -0.25) is 19.7 Å². The molecule has 0 saturated carbocycles. The normalized spacial score (nSPS) is 11.7. The Morgan fingerprint density at radius 1 is 1.19 bits per heavy atom. The first-order valence-corrected chi connectivity index (χ1v) is 10.9. The van der Waals surface area contributed by atoms with Crippen molar-refractivity contribution in [1.29, 1.82) is 0 Å². The number of ether oxygens (including phenoxy) is 2. The average Bonchev–Trinajstić information content (AvgIpc) is 3.35. The lowest BCUT2D eigenvalue weighted by atomic mass is 10.1. The van der Waals surface area contributed by atoms with Crippen molar-refractivity contribution in [3.8, 4) is 10.9 Å². The minimum absolute atomic E-state index is 0.0882. The molecule has 32 heavy (non-hydrogen) atoms. The van der Waals surface area contributed by atoms with E-state index in [-0.39, 0.29) is 12.0 Å². The van der Waals surface area contributed by atoms with Crippen LogP contribution >= 0.6 is 11.3 Å². The molecule has 0 radical (unpaired) electrons. The number of nitrogens with one attached hydrogen (secondary N) is 1. The SMILES string of the molecule is CCOc1ccc(N=C(C)c2c(CC(=O)OC)[nH]n(-c3nc4ccccc4s3)c2=O)cc1. The van der Waals surface area contributed by atoms with Crippen LogP contribution in [0.3, 0.4) is 0 Å². The molecule has 0 unspecified atom stereocenters. The van der Waals surface area contributed by atoms with Crippen LogP contribution in [0.15, 0.2) is 58.3 Å². The van der Waals surface area contributed by atoms with Crippen LogP contribution in [-0.2, 0) is 16.0 Å². The highest BCUT2D eigenvalue weighted by Gasteiger charge is 2.22. The predicted octanol–water partition coefficient (Wildman–Crippen LogP) is 4.03. The fourth-order valence-electron chi connectivity index (χ4n) is 3.32. The van der Waals surface area contributed by atoms with Gasteiger partial charge in [0.25, 0.3) is 5.56 Å². The third-order valence-electron chi connectivity index (χ3n) is 4.79. The number of aliphatic imine (C=N–C) groups is 1. The monoisotopic (exact) mass is 450 g/mol. The van der Waals surface area contributed by atoms with E-state index in [0.29, 0.717) is 34.4 Å². The van der Waals surface area contributed by atoms with Gasteiger partial charge in [0.15, 0.2) is 0 Å². The van der Waals surface area contributed by atoms with Gasteiger partial charge >= 0.3 is 5.97 Å². The van der Waals surface area contributed by atoms with Crippen LogP contribution in [-0.4, -0.2) is 40.2 Å². The van der Waals surface area contributed by atoms with Crippen LogP contribution in [0.4, 0.5) is 5.69 Å². The van der Waals surface area contributed by atoms with E-state index < -0.39 is 5.97 Å². The zero-order chi connectivity index (χ0) is 22.7. The molecule has 0 spiro atoms. The molecule has 4 rings (SSSR count). The summed E-state index contributed by atoms with van der Waals surface area (Å²) in [6.45, 7) is 4.24. The Morgan fingerprint density at radius 2 is 1.94 bits per heavy atom. The molecule has 4 aromatic rings. The van der Waals surface area contributed by atoms with Gasteiger partial charge in [0.05, 0.1) is 53.0 Å². The van der Waals surface area contributed by atoms with Crippen LogP contribution in [0.1, 0.15) is 25.1 Å². The molecule has 0 saturated heterocycles. The number of aromatic amines is 1. The summed E-state index contributed by atoms with van der Waals surface area (Å²) in [5.41, 5.74) is 2.37. The van der Waals surface area contributed by atoms with Crippen molar-refractivity contribution in [2.24, 2.45) is 4.99 Å². The van der Waals surface area contributed by atoms with Gasteiger partial charge in [-0.15, -0.1) is 0 Å². The lowest BCUT2D eigenvalue weighted by molar-refractivity contribution is -0.139. The predicted molar refractivity (Wildman–Crippen MR) is 125 cm³/mol. The molecule has 0 aliphatic rings. The molecule has 0 amide bonds. The van der Waals surface area contributed by atoms with Crippen molar-refractivity contribution in [3.05, 3.63) is 70.1 Å². The summed E-state index contributed by atoms with van der Waals surface area (Å²) < 4.78 is 12.6. The van der Waals surface area contributed by atoms with E-state index >= 15 is 0 Å². The number of thiazole rings is 1. The van der Waals surface area contributed by atoms with E-state index in [1.807, 2.05) is 55.5 Å². The Hall–Kier alpha value is -3.72. The van der Waals surface area contributed by atoms with Gasteiger partial charge in [-0.25, -0.2) is 4.98 Å². The number of nitrogens with zero attached hydrogens (tertiary/aromatic N) is 3. The maximum Gasteiger partial charge on any atom is 0.311 e. The van der Waals surface area contributed by atoms with Crippen molar-refractivity contribution >= 4 is 38.9 Å². The van der Waals surface area contributed by atoms with E-state index in [9.17, 15) is 9.59 Å². The number of carbonyl (C=O) groups excluding carboxylic acids is 1. The summed E-state index contributed by atoms with van der Waals surface area (Å²) in [5.74, 6) is 0.285. The van der Waals surface area contributed by atoms with Gasteiger partial charge in [-0.1, -0.05) is 23.5 Å². The summed E-state index contributed by atoms with van der Waals surface area (Å²) in [6.07, 6.45) is -0.0882. The summed E-state index contributed by atoms with van der Waals surface area (Å²) in [4.78, 5) is 34.5. The number of rotatable bonds is 7. The molecule has 0 aliphatic carbocycles. The summed E-state index contributed by atoms with van der Waals surface area (Å²) in [6, 6.07) is 14.9. The highest BCUT2D eigenvalue weighted by molar-refractivity contribution is 7.20. The summed E-state index contributed by atoms with van der Waals surface area (Å²) in [7, 11) is 1.31. The van der Waals surface area contributed by atoms with Crippen molar-refractivity contribution < 1.29 is 14.3 Å². The first-order valence-electron chi connectivity index (χ1n) is 10.0. The quantitative estimate of drug-likeness (QED) is 0.339. The second-order valence-electron chi connectivity index (χ2n) is 6.95. The Morgan fingerprint density at radius 3 is 2.62 bits per heavy atom. The average molecular weight is 451 g/mol. The maximum atomic E-state index is 13.4. The van der Waals surface area contributed by atoms with E-state index in [1.165, 1.54) is 23.1 Å². The van der Waals surface area contributed by atoms with Crippen molar-refractivity contribution in [3.63, 3.8) is 0 Å². The Labute approximate surface area is 188 Å². The topological polar surface area (TPSA) is 98.6 Å². The minimum atomic E-state index is -0.460. The van der Waals surface area contributed by atoms with Crippen LogP contribution < -0.4 is 10.3 Å². The second kappa shape index (κ2) is 9.19. The van der Waals surface area contributed by atoms with Gasteiger partial charge in [0.2, 0.25) is 5.13 Å². The van der Waals surface area contributed by atoms with Crippen molar-refractivity contribution in [2.45, 2.75) is 20.3 Å². The van der Waals surface area contributed by atoms with Crippen LogP contribution in [0.25, 0.3) is 15.3 Å². The first-order chi connectivity index (χ1) is 15.5. The number of hydrogen-bond acceptors (Lipinski definition) is 7. The lowest BCUT2D eigenvalue weighted by Gasteiger charge is -2.04. The van der Waals surface area contributed by atoms with E-state index in [2.05, 4.69) is 15.1 Å². The number of fused-ring (bicyclic) bond motifs is 1. The molecule has 0 fully saturated rings. The number of carbonyl (C=O) groups is 1. The van der Waals surface area contributed by atoms with Crippen molar-refractivity contribution in [2.75, 3.05) is 13.7 Å². The number of benzene rings is 2. The standard InChI is InChI=1S/C23H22N4O4S/c1-4-31-16-11-9-15(10-12-16)24-14(2)21-18(13-20(28)30-3)26-27(22(21)29)23-25-17-7-5-6-8-19(17)32-23/h5-12,26H,4,13H2,1-3H3. The number of methoxy groups -OCH3 is 1. The first kappa shape index (κ1) is 21.5. The Bertz CT molecular complexity index is 1320. The highest BCUT2D eigenvalue weighted by Crippen LogP contribution is 2.24. The smallest absolute Gasteiger partial charge is 0.311 e.